The largest absolute Gasteiger partial charge is 0.243 e. The Morgan fingerprint density at radius 2 is 1.71 bits per heavy atom. The van der Waals surface area contributed by atoms with Crippen LogP contribution in [0.5, 0.6) is 0 Å². The van der Waals surface area contributed by atoms with Crippen molar-refractivity contribution in [2.24, 2.45) is 0 Å². The summed E-state index contributed by atoms with van der Waals surface area (Å²) in [5.74, 6) is 0.212. The predicted molar refractivity (Wildman–Crippen MR) is 71.6 cm³/mol. The van der Waals surface area contributed by atoms with E-state index in [0.29, 0.717) is 0 Å². The third-order valence-corrected chi connectivity index (χ3v) is 5.19. The Kier molecular flexibility index (Phi) is 5.10. The Morgan fingerprint density at radius 3 is 2.12 bits per heavy atom. The molecule has 7 heteroatoms. The lowest BCUT2D eigenvalue weighted by Gasteiger charge is -2.22. The van der Waals surface area contributed by atoms with Gasteiger partial charge in [-0.15, -0.1) is 11.6 Å². The number of hydrogen-bond donors (Lipinski definition) is 0. The summed E-state index contributed by atoms with van der Waals surface area (Å²) in [5.41, 5.74) is 0. The third-order valence-electron chi connectivity index (χ3n) is 2.36. The van der Waals surface area contributed by atoms with Crippen LogP contribution in [0.2, 0.25) is 10.0 Å². The third kappa shape index (κ3) is 3.48. The molecule has 0 amide bonds. The maximum Gasteiger partial charge on any atom is 0.243 e. The fraction of sp³-hybridized carbons (Fsp3) is 0.400. The van der Waals surface area contributed by atoms with Crippen LogP contribution in [0.15, 0.2) is 23.1 Å². The number of benzene rings is 1. The molecule has 0 aliphatic carbocycles. The fourth-order valence-corrected chi connectivity index (χ4v) is 3.55. The first-order valence-corrected chi connectivity index (χ1v) is 7.52. The van der Waals surface area contributed by atoms with Crippen molar-refractivity contribution in [1.82, 2.24) is 4.31 Å². The molecule has 0 aliphatic heterocycles. The highest BCUT2D eigenvalue weighted by atomic mass is 35.5. The van der Waals surface area contributed by atoms with Crippen LogP contribution in [0, 0.1) is 0 Å². The zero-order valence-corrected chi connectivity index (χ0v) is 12.4. The quantitative estimate of drug-likeness (QED) is 0.800. The molecule has 0 radical (unpaired) electrons. The molecular formula is C10H12Cl3NO2S. The first kappa shape index (κ1) is 15.1. The van der Waals surface area contributed by atoms with Crippen molar-refractivity contribution in [1.29, 1.82) is 0 Å². The Morgan fingerprint density at radius 1 is 1.24 bits per heavy atom. The lowest BCUT2D eigenvalue weighted by molar-refractivity contribution is 0.413. The molecule has 1 rings (SSSR count). The summed E-state index contributed by atoms with van der Waals surface area (Å²) in [6, 6.07) is 3.90. The van der Waals surface area contributed by atoms with Gasteiger partial charge in [-0.3, -0.25) is 0 Å². The highest BCUT2D eigenvalue weighted by Crippen LogP contribution is 2.25. The minimum atomic E-state index is -3.62. The van der Waals surface area contributed by atoms with E-state index in [1.807, 2.05) is 0 Å². The predicted octanol–water partition coefficient (Wildman–Crippen LogP) is 3.24. The molecule has 0 saturated heterocycles. The van der Waals surface area contributed by atoms with E-state index >= 15 is 0 Å². The van der Waals surface area contributed by atoms with Crippen LogP contribution in [0.3, 0.4) is 0 Å². The number of hydrogen-bond acceptors (Lipinski definition) is 2. The number of alkyl halides is 1. The molecule has 0 aromatic heterocycles. The molecule has 0 saturated carbocycles. The molecule has 1 unspecified atom stereocenters. The molecule has 0 N–H and O–H groups in total. The number of halogens is 3. The van der Waals surface area contributed by atoms with Crippen LogP contribution >= 0.6 is 34.8 Å². The molecule has 0 bridgehead atoms. The zero-order chi connectivity index (χ0) is 13.2. The van der Waals surface area contributed by atoms with Gasteiger partial charge in [0, 0.05) is 29.0 Å². The number of nitrogens with zero attached hydrogens (tertiary/aromatic N) is 1. The lowest BCUT2D eigenvalue weighted by atomic mass is 10.4. The lowest BCUT2D eigenvalue weighted by Crippen LogP contribution is -2.36. The highest BCUT2D eigenvalue weighted by molar-refractivity contribution is 7.89. The first-order chi connectivity index (χ1) is 7.78. The van der Waals surface area contributed by atoms with Gasteiger partial charge in [0.25, 0.3) is 0 Å². The number of sulfonamides is 1. The average molecular weight is 317 g/mol. The van der Waals surface area contributed by atoms with Crippen LogP contribution in [-0.2, 0) is 10.0 Å². The maximum atomic E-state index is 12.2. The molecule has 96 valence electrons. The summed E-state index contributed by atoms with van der Waals surface area (Å²) in [6.07, 6.45) is 0. The van der Waals surface area contributed by atoms with Crippen molar-refractivity contribution in [3.63, 3.8) is 0 Å². The Hall–Kier alpha value is -0.000000000000000111. The summed E-state index contributed by atoms with van der Waals surface area (Å²) in [7, 11) is -2.15. The second kappa shape index (κ2) is 5.76. The minimum Gasteiger partial charge on any atom is -0.207 e. The summed E-state index contributed by atoms with van der Waals surface area (Å²) < 4.78 is 25.6. The minimum absolute atomic E-state index is 0.0643. The first-order valence-electron chi connectivity index (χ1n) is 4.79. The van der Waals surface area contributed by atoms with Crippen molar-refractivity contribution in [3.8, 4) is 0 Å². The second-order valence-corrected chi connectivity index (χ2v) is 6.81. The summed E-state index contributed by atoms with van der Waals surface area (Å²) in [6.45, 7) is 1.72. The van der Waals surface area contributed by atoms with E-state index in [2.05, 4.69) is 0 Å². The summed E-state index contributed by atoms with van der Waals surface area (Å²) in [5, 5.41) is 0.561. The molecule has 0 heterocycles. The van der Waals surface area contributed by atoms with E-state index in [9.17, 15) is 8.42 Å². The molecular weight excluding hydrogens is 305 g/mol. The van der Waals surface area contributed by atoms with Crippen LogP contribution in [0.4, 0.5) is 0 Å². The fourth-order valence-electron chi connectivity index (χ4n) is 1.18. The Bertz CT molecular complexity index is 484. The van der Waals surface area contributed by atoms with Gasteiger partial charge in [-0.05, 0) is 25.1 Å². The molecule has 1 aromatic rings. The average Bonchev–Trinajstić information content (AvgIpc) is 2.25. The molecule has 0 spiro atoms. The van der Waals surface area contributed by atoms with E-state index < -0.39 is 10.0 Å². The van der Waals surface area contributed by atoms with Crippen LogP contribution in [-0.4, -0.2) is 31.7 Å². The normalized spacial score (nSPS) is 14.0. The van der Waals surface area contributed by atoms with Crippen molar-refractivity contribution < 1.29 is 8.42 Å². The van der Waals surface area contributed by atoms with Gasteiger partial charge >= 0.3 is 0 Å². The Labute approximate surface area is 116 Å². The molecule has 17 heavy (non-hydrogen) atoms. The van der Waals surface area contributed by atoms with E-state index in [1.165, 1.54) is 29.6 Å². The van der Waals surface area contributed by atoms with Crippen molar-refractivity contribution in [2.75, 3.05) is 12.9 Å². The van der Waals surface area contributed by atoms with Gasteiger partial charge in [0.2, 0.25) is 10.0 Å². The van der Waals surface area contributed by atoms with E-state index in [4.69, 9.17) is 34.8 Å². The van der Waals surface area contributed by atoms with Crippen LogP contribution in [0.25, 0.3) is 0 Å². The van der Waals surface area contributed by atoms with Crippen LogP contribution in [0.1, 0.15) is 6.92 Å². The SMILES string of the molecule is CC(CCl)N(C)S(=O)(=O)c1cc(Cl)cc(Cl)c1. The van der Waals surface area contributed by atoms with Crippen molar-refractivity contribution in [2.45, 2.75) is 17.9 Å². The smallest absolute Gasteiger partial charge is 0.207 e. The molecule has 3 nitrogen and oxygen atoms in total. The zero-order valence-electron chi connectivity index (χ0n) is 9.32. The van der Waals surface area contributed by atoms with Crippen LogP contribution < -0.4 is 0 Å². The second-order valence-electron chi connectivity index (χ2n) is 3.63. The molecule has 0 aliphatic rings. The van der Waals surface area contributed by atoms with Gasteiger partial charge in [-0.25, -0.2) is 8.42 Å². The molecule has 1 atom stereocenters. The topological polar surface area (TPSA) is 37.4 Å². The Balaban J connectivity index is 3.22. The monoisotopic (exact) mass is 315 g/mol. The number of rotatable bonds is 4. The van der Waals surface area contributed by atoms with E-state index in [1.54, 1.807) is 6.92 Å². The molecule has 1 aromatic carbocycles. The van der Waals surface area contributed by atoms with Gasteiger partial charge in [-0.2, -0.15) is 4.31 Å². The van der Waals surface area contributed by atoms with Gasteiger partial charge in [0.15, 0.2) is 0 Å². The highest BCUT2D eigenvalue weighted by Gasteiger charge is 2.25. The van der Waals surface area contributed by atoms with Gasteiger partial charge in [0.1, 0.15) is 0 Å². The summed E-state index contributed by atoms with van der Waals surface area (Å²) >= 11 is 17.2. The van der Waals surface area contributed by atoms with Crippen molar-refractivity contribution in [3.05, 3.63) is 28.2 Å². The van der Waals surface area contributed by atoms with Gasteiger partial charge in [-0.1, -0.05) is 23.2 Å². The standard InChI is InChI=1S/C10H12Cl3NO2S/c1-7(6-11)14(2)17(15,16)10-4-8(12)3-9(13)5-10/h3-5,7H,6H2,1-2H3. The molecule has 0 fully saturated rings. The summed E-state index contributed by atoms with van der Waals surface area (Å²) in [4.78, 5) is 0.0643. The van der Waals surface area contributed by atoms with Gasteiger partial charge in [0.05, 0.1) is 4.90 Å². The van der Waals surface area contributed by atoms with Crippen molar-refractivity contribution >= 4 is 44.8 Å². The maximum absolute atomic E-state index is 12.2. The van der Waals surface area contributed by atoms with E-state index in [0.717, 1.165) is 0 Å². The van der Waals surface area contributed by atoms with Gasteiger partial charge < -0.3 is 0 Å². The van der Waals surface area contributed by atoms with E-state index in [-0.39, 0.29) is 26.9 Å².